The van der Waals surface area contributed by atoms with Crippen LogP contribution in [0.3, 0.4) is 0 Å². The first kappa shape index (κ1) is 10.2. The molecule has 0 aliphatic rings. The number of H-pyrrole nitrogens is 1. The lowest BCUT2D eigenvalue weighted by Gasteiger charge is -2.05. The normalized spacial score (nSPS) is 10.6. The zero-order valence-electron chi connectivity index (χ0n) is 8.57. The summed E-state index contributed by atoms with van der Waals surface area (Å²) in [6.45, 7) is 1.82. The lowest BCUT2D eigenvalue weighted by atomic mass is 10.1. The van der Waals surface area contributed by atoms with Gasteiger partial charge in [0.15, 0.2) is 0 Å². The average Bonchev–Trinajstić information content (AvgIpc) is 2.23. The Morgan fingerprint density at radius 1 is 1.44 bits per heavy atom. The van der Waals surface area contributed by atoms with Crippen molar-refractivity contribution in [2.45, 2.75) is 6.92 Å². The molecule has 0 aliphatic carbocycles. The third-order valence-corrected chi connectivity index (χ3v) is 2.51. The summed E-state index contributed by atoms with van der Waals surface area (Å²) in [5, 5.41) is 9.06. The molecule has 0 bridgehead atoms. The number of pyridine rings is 1. The minimum Gasteiger partial charge on any atom is -0.477 e. The monoisotopic (exact) mass is 218 g/mol. The summed E-state index contributed by atoms with van der Waals surface area (Å²) >= 11 is 0. The zero-order valence-corrected chi connectivity index (χ0v) is 8.57. The smallest absolute Gasteiger partial charge is 0.341 e. The van der Waals surface area contributed by atoms with Gasteiger partial charge in [-0.3, -0.25) is 4.79 Å². The van der Waals surface area contributed by atoms with Gasteiger partial charge >= 0.3 is 5.97 Å². The molecular weight excluding hydrogens is 208 g/mol. The molecule has 0 unspecified atom stereocenters. The molecule has 2 aromatic rings. The number of anilines is 1. The van der Waals surface area contributed by atoms with Crippen LogP contribution in [0, 0.1) is 6.92 Å². The Balaban J connectivity index is 3.00. The number of aryl methyl sites for hydroxylation is 1. The zero-order chi connectivity index (χ0) is 11.9. The van der Waals surface area contributed by atoms with E-state index in [0.717, 1.165) is 5.56 Å². The van der Waals surface area contributed by atoms with E-state index >= 15 is 0 Å². The fourth-order valence-corrected chi connectivity index (χ4v) is 1.66. The Hall–Kier alpha value is -2.30. The van der Waals surface area contributed by atoms with E-state index < -0.39 is 11.4 Å². The van der Waals surface area contributed by atoms with Crippen LogP contribution in [0.5, 0.6) is 0 Å². The maximum Gasteiger partial charge on any atom is 0.341 e. The minimum absolute atomic E-state index is 0.236. The molecule has 2 rings (SSSR count). The number of hydrogen-bond acceptors (Lipinski definition) is 3. The SMILES string of the molecule is Cc1ccc(N)c2c(=O)c(C(=O)O)c[nH]c12. The van der Waals surface area contributed by atoms with Gasteiger partial charge in [0.1, 0.15) is 5.56 Å². The Labute approximate surface area is 90.5 Å². The molecule has 0 atom stereocenters. The van der Waals surface area contributed by atoms with Crippen molar-refractivity contribution in [3.63, 3.8) is 0 Å². The molecule has 5 heteroatoms. The van der Waals surface area contributed by atoms with Crippen molar-refractivity contribution in [3.8, 4) is 0 Å². The van der Waals surface area contributed by atoms with E-state index in [2.05, 4.69) is 4.98 Å². The summed E-state index contributed by atoms with van der Waals surface area (Å²) in [5.74, 6) is -1.26. The molecule has 1 aromatic carbocycles. The van der Waals surface area contributed by atoms with E-state index in [1.807, 2.05) is 6.92 Å². The molecule has 0 saturated carbocycles. The van der Waals surface area contributed by atoms with E-state index in [1.54, 1.807) is 12.1 Å². The molecule has 82 valence electrons. The number of fused-ring (bicyclic) bond motifs is 1. The van der Waals surface area contributed by atoms with Gasteiger partial charge in [0.25, 0.3) is 0 Å². The van der Waals surface area contributed by atoms with Gasteiger partial charge in [0.2, 0.25) is 5.43 Å². The topological polar surface area (TPSA) is 96.2 Å². The van der Waals surface area contributed by atoms with Crippen molar-refractivity contribution >= 4 is 22.6 Å². The first-order valence-electron chi connectivity index (χ1n) is 4.66. The minimum atomic E-state index is -1.26. The Morgan fingerprint density at radius 2 is 2.12 bits per heavy atom. The van der Waals surface area contributed by atoms with Crippen molar-refractivity contribution in [2.75, 3.05) is 5.73 Å². The van der Waals surface area contributed by atoms with Crippen LogP contribution in [0.2, 0.25) is 0 Å². The van der Waals surface area contributed by atoms with E-state index in [1.165, 1.54) is 6.20 Å². The molecular formula is C11H10N2O3. The fraction of sp³-hybridized carbons (Fsp3) is 0.0909. The number of carboxylic acid groups (broad SMARTS) is 1. The third kappa shape index (κ3) is 1.33. The first-order valence-corrected chi connectivity index (χ1v) is 4.66. The van der Waals surface area contributed by atoms with Crippen LogP contribution < -0.4 is 11.2 Å². The quantitative estimate of drug-likeness (QED) is 0.625. The predicted octanol–water partition coefficient (Wildman–Crippen LogP) is 1.12. The maximum atomic E-state index is 11.9. The summed E-state index contributed by atoms with van der Waals surface area (Å²) in [4.78, 5) is 25.5. The van der Waals surface area contributed by atoms with Crippen LogP contribution in [0.15, 0.2) is 23.1 Å². The molecule has 5 nitrogen and oxygen atoms in total. The first-order chi connectivity index (χ1) is 7.52. The number of aromatic amines is 1. The van der Waals surface area contributed by atoms with Crippen molar-refractivity contribution < 1.29 is 9.90 Å². The number of nitrogens with one attached hydrogen (secondary N) is 1. The van der Waals surface area contributed by atoms with Crippen molar-refractivity contribution in [1.29, 1.82) is 0 Å². The molecule has 0 saturated heterocycles. The summed E-state index contributed by atoms with van der Waals surface area (Å²) < 4.78 is 0. The van der Waals surface area contributed by atoms with E-state index in [9.17, 15) is 9.59 Å². The highest BCUT2D eigenvalue weighted by atomic mass is 16.4. The maximum absolute atomic E-state index is 11.9. The number of aromatic nitrogens is 1. The molecule has 0 radical (unpaired) electrons. The lowest BCUT2D eigenvalue weighted by molar-refractivity contribution is 0.0695. The van der Waals surface area contributed by atoms with Crippen LogP contribution in [-0.4, -0.2) is 16.1 Å². The van der Waals surface area contributed by atoms with Gasteiger partial charge in [-0.05, 0) is 18.6 Å². The number of aromatic carboxylic acids is 1. The fourth-order valence-electron chi connectivity index (χ4n) is 1.66. The second kappa shape index (κ2) is 3.37. The van der Waals surface area contributed by atoms with E-state index in [0.29, 0.717) is 5.52 Å². The van der Waals surface area contributed by atoms with E-state index in [4.69, 9.17) is 10.8 Å². The van der Waals surface area contributed by atoms with Gasteiger partial charge < -0.3 is 15.8 Å². The van der Waals surface area contributed by atoms with Crippen LogP contribution in [-0.2, 0) is 0 Å². The number of carboxylic acids is 1. The number of rotatable bonds is 1. The Bertz CT molecular complexity index is 643. The van der Waals surface area contributed by atoms with Gasteiger partial charge in [-0.2, -0.15) is 0 Å². The third-order valence-electron chi connectivity index (χ3n) is 2.51. The van der Waals surface area contributed by atoms with Crippen molar-refractivity contribution in [2.24, 2.45) is 0 Å². The van der Waals surface area contributed by atoms with Gasteiger partial charge in [-0.15, -0.1) is 0 Å². The van der Waals surface area contributed by atoms with Crippen LogP contribution in [0.1, 0.15) is 15.9 Å². The number of nitrogens with two attached hydrogens (primary N) is 1. The highest BCUT2D eigenvalue weighted by molar-refractivity contribution is 5.97. The highest BCUT2D eigenvalue weighted by Gasteiger charge is 2.13. The van der Waals surface area contributed by atoms with Gasteiger partial charge in [0.05, 0.1) is 10.9 Å². The van der Waals surface area contributed by atoms with Crippen molar-refractivity contribution in [3.05, 3.63) is 39.7 Å². The summed E-state index contributed by atoms with van der Waals surface area (Å²) in [7, 11) is 0. The number of carbonyl (C=O) groups is 1. The lowest BCUT2D eigenvalue weighted by Crippen LogP contribution is -2.16. The Kier molecular flexibility index (Phi) is 2.16. The second-order valence-corrected chi connectivity index (χ2v) is 3.56. The second-order valence-electron chi connectivity index (χ2n) is 3.56. The molecule has 1 aromatic heterocycles. The molecule has 0 spiro atoms. The van der Waals surface area contributed by atoms with Crippen LogP contribution >= 0.6 is 0 Å². The van der Waals surface area contributed by atoms with Gasteiger partial charge in [0, 0.05) is 11.9 Å². The average molecular weight is 218 g/mol. The van der Waals surface area contributed by atoms with E-state index in [-0.39, 0.29) is 16.6 Å². The number of nitrogen functional groups attached to an aromatic ring is 1. The highest BCUT2D eigenvalue weighted by Crippen LogP contribution is 2.19. The standard InChI is InChI=1S/C11H10N2O3/c1-5-2-3-7(12)8-9(5)13-4-6(10(8)14)11(15)16/h2-4H,12H2,1H3,(H,13,14)(H,15,16). The molecule has 16 heavy (non-hydrogen) atoms. The number of benzene rings is 1. The van der Waals surface area contributed by atoms with Gasteiger partial charge in [-0.1, -0.05) is 6.07 Å². The molecule has 1 heterocycles. The molecule has 0 aliphatic heterocycles. The molecule has 4 N–H and O–H groups in total. The summed E-state index contributed by atoms with van der Waals surface area (Å²) in [6.07, 6.45) is 1.19. The van der Waals surface area contributed by atoms with Crippen LogP contribution in [0.4, 0.5) is 5.69 Å². The molecule has 0 amide bonds. The van der Waals surface area contributed by atoms with Crippen molar-refractivity contribution in [1.82, 2.24) is 4.98 Å². The molecule has 0 fully saturated rings. The van der Waals surface area contributed by atoms with Crippen LogP contribution in [0.25, 0.3) is 10.9 Å². The summed E-state index contributed by atoms with van der Waals surface area (Å²) in [6, 6.07) is 3.37. The number of hydrogen-bond donors (Lipinski definition) is 3. The van der Waals surface area contributed by atoms with Gasteiger partial charge in [-0.25, -0.2) is 4.79 Å². The largest absolute Gasteiger partial charge is 0.477 e. The Morgan fingerprint density at radius 3 is 2.75 bits per heavy atom. The predicted molar refractivity (Wildman–Crippen MR) is 60.7 cm³/mol. The summed E-state index contributed by atoms with van der Waals surface area (Å²) in [5.41, 5.74) is 6.53.